The third kappa shape index (κ3) is 4.14. The van der Waals surface area contributed by atoms with Gasteiger partial charge in [0.15, 0.2) is 5.65 Å². The molecule has 1 N–H and O–H groups in total. The molecule has 1 atom stereocenters. The lowest BCUT2D eigenvalue weighted by molar-refractivity contribution is -0.0285. The average molecular weight is 433 g/mol. The molecule has 1 aromatic carbocycles. The highest BCUT2D eigenvalue weighted by Crippen LogP contribution is 2.35. The third-order valence-corrected chi connectivity index (χ3v) is 6.01. The molecule has 0 radical (unpaired) electrons. The van der Waals surface area contributed by atoms with Crippen LogP contribution in [-0.2, 0) is 4.74 Å². The first-order valence-corrected chi connectivity index (χ1v) is 10.9. The summed E-state index contributed by atoms with van der Waals surface area (Å²) in [5.41, 5.74) is 1.78. The summed E-state index contributed by atoms with van der Waals surface area (Å²) in [5.74, 6) is 0.138. The number of pyridine rings is 1. The maximum absolute atomic E-state index is 12.8. The normalized spacial score (nSPS) is 16.3. The second-order valence-electron chi connectivity index (χ2n) is 7.08. The molecule has 1 aliphatic rings. The minimum atomic E-state index is -0.264. The zero-order chi connectivity index (χ0) is 21.0. The van der Waals surface area contributed by atoms with Gasteiger partial charge < -0.3 is 4.74 Å². The molecule has 1 aliphatic heterocycles. The van der Waals surface area contributed by atoms with Crippen molar-refractivity contribution in [2.45, 2.75) is 35.4 Å². The van der Waals surface area contributed by atoms with E-state index in [-0.39, 0.29) is 12.1 Å². The van der Waals surface area contributed by atoms with Crippen LogP contribution in [0.2, 0.25) is 0 Å². The first-order chi connectivity index (χ1) is 15.3. The Balaban J connectivity index is 1.57. The fourth-order valence-electron chi connectivity index (χ4n) is 3.53. The molecule has 0 spiro atoms. The van der Waals surface area contributed by atoms with E-state index in [9.17, 15) is 4.79 Å². The van der Waals surface area contributed by atoms with Gasteiger partial charge in [-0.25, -0.2) is 15.0 Å². The molecule has 1 unspecified atom stereocenters. The number of aromatic nitrogens is 5. The molecule has 1 fully saturated rings. The van der Waals surface area contributed by atoms with Crippen LogP contribution < -0.4 is 5.32 Å². The highest BCUT2D eigenvalue weighted by Gasteiger charge is 2.26. The summed E-state index contributed by atoms with van der Waals surface area (Å²) < 4.78 is 7.89. The van der Waals surface area contributed by atoms with Gasteiger partial charge in [-0.05, 0) is 43.5 Å². The number of hydrogen-bond acceptors (Lipinski definition) is 7. The number of nitrogens with zero attached hydrogens (tertiary/aromatic N) is 5. The standard InChI is InChI=1S/C22H20N6O2S/c29-20(15-9-11-23-12-10-15)27-22-26-18-19(28(22)17-8-4-5-13-30-17)24-14-25-21(18)31-16-6-2-1-3-7-16/h1-3,6-7,9-12,14,17H,4-5,8,13H2,(H,26,27,29). The molecule has 0 bridgehead atoms. The smallest absolute Gasteiger partial charge is 0.258 e. The Morgan fingerprint density at radius 2 is 1.94 bits per heavy atom. The van der Waals surface area contributed by atoms with Crippen molar-refractivity contribution >= 4 is 34.8 Å². The number of ether oxygens (including phenoxy) is 1. The van der Waals surface area contributed by atoms with Gasteiger partial charge in [0, 0.05) is 29.5 Å². The van der Waals surface area contributed by atoms with Gasteiger partial charge in [-0.15, -0.1) is 0 Å². The Morgan fingerprint density at radius 1 is 1.10 bits per heavy atom. The highest BCUT2D eigenvalue weighted by atomic mass is 32.2. The first kappa shape index (κ1) is 19.7. The Bertz CT molecular complexity index is 1190. The number of anilines is 1. The van der Waals surface area contributed by atoms with Crippen LogP contribution in [0.15, 0.2) is 71.1 Å². The predicted molar refractivity (Wildman–Crippen MR) is 117 cm³/mol. The van der Waals surface area contributed by atoms with E-state index in [1.807, 2.05) is 34.9 Å². The molecule has 4 aromatic rings. The largest absolute Gasteiger partial charge is 0.358 e. The zero-order valence-corrected chi connectivity index (χ0v) is 17.5. The topological polar surface area (TPSA) is 94.8 Å². The molecule has 4 heterocycles. The van der Waals surface area contributed by atoms with Crippen molar-refractivity contribution in [3.63, 3.8) is 0 Å². The minimum Gasteiger partial charge on any atom is -0.358 e. The van der Waals surface area contributed by atoms with E-state index in [0.29, 0.717) is 29.3 Å². The second kappa shape index (κ2) is 8.83. The number of carbonyl (C=O) groups is 1. The molecule has 156 valence electrons. The van der Waals surface area contributed by atoms with Crippen molar-refractivity contribution in [3.05, 3.63) is 66.7 Å². The molecule has 0 aliphatic carbocycles. The summed E-state index contributed by atoms with van der Waals surface area (Å²) in [4.78, 5) is 31.5. The van der Waals surface area contributed by atoms with E-state index in [0.717, 1.165) is 29.2 Å². The summed E-state index contributed by atoms with van der Waals surface area (Å²) in [6.07, 6.45) is 7.35. The maximum atomic E-state index is 12.8. The van der Waals surface area contributed by atoms with Gasteiger partial charge in [-0.1, -0.05) is 30.0 Å². The van der Waals surface area contributed by atoms with Crippen LogP contribution in [0, 0.1) is 0 Å². The van der Waals surface area contributed by atoms with Gasteiger partial charge in [0.05, 0.1) is 0 Å². The van der Waals surface area contributed by atoms with Crippen LogP contribution in [-0.4, -0.2) is 37.0 Å². The average Bonchev–Trinajstić information content (AvgIpc) is 3.20. The third-order valence-electron chi connectivity index (χ3n) is 5.01. The molecule has 0 saturated carbocycles. The quantitative estimate of drug-likeness (QED) is 0.469. The highest BCUT2D eigenvalue weighted by molar-refractivity contribution is 7.99. The van der Waals surface area contributed by atoms with Crippen molar-refractivity contribution in [3.8, 4) is 0 Å². The molecule has 9 heteroatoms. The van der Waals surface area contributed by atoms with Crippen LogP contribution in [0.5, 0.6) is 0 Å². The fraction of sp³-hybridized carbons (Fsp3) is 0.227. The molecule has 5 rings (SSSR count). The number of amides is 1. The molecule has 31 heavy (non-hydrogen) atoms. The van der Waals surface area contributed by atoms with Crippen LogP contribution in [0.3, 0.4) is 0 Å². The van der Waals surface area contributed by atoms with E-state index in [1.165, 1.54) is 18.1 Å². The van der Waals surface area contributed by atoms with Crippen molar-refractivity contribution < 1.29 is 9.53 Å². The van der Waals surface area contributed by atoms with Crippen LogP contribution >= 0.6 is 11.8 Å². The molecular formula is C22H20N6O2S. The number of nitrogens with one attached hydrogen (secondary N) is 1. The first-order valence-electron chi connectivity index (χ1n) is 10.1. The molecule has 8 nitrogen and oxygen atoms in total. The lowest BCUT2D eigenvalue weighted by atomic mass is 10.2. The van der Waals surface area contributed by atoms with Crippen molar-refractivity contribution in [2.75, 3.05) is 11.9 Å². The van der Waals surface area contributed by atoms with E-state index < -0.39 is 0 Å². The van der Waals surface area contributed by atoms with Gasteiger partial charge in [-0.3, -0.25) is 19.7 Å². The summed E-state index contributed by atoms with van der Waals surface area (Å²) in [6.45, 7) is 0.665. The van der Waals surface area contributed by atoms with Gasteiger partial charge in [0.1, 0.15) is 23.1 Å². The van der Waals surface area contributed by atoms with Crippen LogP contribution in [0.4, 0.5) is 5.95 Å². The number of rotatable bonds is 5. The summed E-state index contributed by atoms with van der Waals surface area (Å²) in [7, 11) is 0. The molecule has 3 aromatic heterocycles. The van der Waals surface area contributed by atoms with Crippen LogP contribution in [0.1, 0.15) is 35.8 Å². The van der Waals surface area contributed by atoms with Gasteiger partial charge in [0.25, 0.3) is 5.91 Å². The predicted octanol–water partition coefficient (Wildman–Crippen LogP) is 4.32. The monoisotopic (exact) mass is 432 g/mol. The lowest BCUT2D eigenvalue weighted by Crippen LogP contribution is -2.22. The zero-order valence-electron chi connectivity index (χ0n) is 16.6. The van der Waals surface area contributed by atoms with Gasteiger partial charge in [-0.2, -0.15) is 0 Å². The van der Waals surface area contributed by atoms with E-state index in [2.05, 4.69) is 20.3 Å². The van der Waals surface area contributed by atoms with Gasteiger partial charge >= 0.3 is 0 Å². The van der Waals surface area contributed by atoms with Crippen molar-refractivity contribution in [2.24, 2.45) is 0 Å². The van der Waals surface area contributed by atoms with E-state index in [1.54, 1.807) is 24.5 Å². The number of imidazole rings is 1. The van der Waals surface area contributed by atoms with Crippen molar-refractivity contribution in [1.29, 1.82) is 0 Å². The van der Waals surface area contributed by atoms with Gasteiger partial charge in [0.2, 0.25) is 5.95 Å². The summed E-state index contributed by atoms with van der Waals surface area (Å²) in [5, 5.41) is 3.66. The Hall–Kier alpha value is -3.30. The molecule has 1 amide bonds. The SMILES string of the molecule is O=C(Nc1nc2c(Sc3ccccc3)ncnc2n1C1CCCCO1)c1ccncc1. The lowest BCUT2D eigenvalue weighted by Gasteiger charge is -2.25. The minimum absolute atomic E-state index is 0.240. The van der Waals surface area contributed by atoms with E-state index in [4.69, 9.17) is 9.72 Å². The Labute approximate surface area is 183 Å². The second-order valence-corrected chi connectivity index (χ2v) is 8.15. The molecular weight excluding hydrogens is 412 g/mol. The molecule has 1 saturated heterocycles. The maximum Gasteiger partial charge on any atom is 0.258 e. The number of carbonyl (C=O) groups excluding carboxylic acids is 1. The summed E-state index contributed by atoms with van der Waals surface area (Å²) >= 11 is 1.51. The van der Waals surface area contributed by atoms with Crippen molar-refractivity contribution in [1.82, 2.24) is 24.5 Å². The Morgan fingerprint density at radius 3 is 2.71 bits per heavy atom. The van der Waals surface area contributed by atoms with E-state index >= 15 is 0 Å². The fourth-order valence-corrected chi connectivity index (χ4v) is 4.38. The summed E-state index contributed by atoms with van der Waals surface area (Å²) in [6, 6.07) is 13.3. The number of fused-ring (bicyclic) bond motifs is 1. The number of hydrogen-bond donors (Lipinski definition) is 1. The van der Waals surface area contributed by atoms with Crippen LogP contribution in [0.25, 0.3) is 11.2 Å². The number of benzene rings is 1. The Kier molecular flexibility index (Phi) is 5.59.